The Bertz CT molecular complexity index is 3670. The third kappa shape index (κ3) is 13.4. The molecule has 0 amide bonds. The molecule has 11 aromatic rings. The summed E-state index contributed by atoms with van der Waals surface area (Å²) in [5, 5.41) is 4.76. The average Bonchev–Trinajstić information content (AvgIpc) is 0.892. The molecule has 2 unspecified atom stereocenters. The fraction of sp³-hybridized carbons (Fsp3) is 0.214. The number of aryl methyl sites for hydroxylation is 2. The van der Waals surface area contributed by atoms with Crippen molar-refractivity contribution >= 4 is 44.8 Å². The maximum absolute atomic E-state index is 7.26. The Morgan fingerprint density at radius 3 is 0.942 bits per heavy atom. The van der Waals surface area contributed by atoms with Crippen molar-refractivity contribution in [2.75, 3.05) is 13.2 Å². The molecular formula is C84H82O2. The second-order valence-electron chi connectivity index (χ2n) is 23.4. The van der Waals surface area contributed by atoms with Gasteiger partial charge in [0.15, 0.2) is 0 Å². The number of hydrogen-bond acceptors (Lipinski definition) is 2. The first-order valence-electron chi connectivity index (χ1n) is 31.7. The fourth-order valence-corrected chi connectivity index (χ4v) is 12.5. The largest absolute Gasteiger partial charge is 0.493 e. The van der Waals surface area contributed by atoms with E-state index >= 15 is 0 Å². The van der Waals surface area contributed by atoms with E-state index < -0.39 is 0 Å². The molecule has 86 heavy (non-hydrogen) atoms. The van der Waals surface area contributed by atoms with Gasteiger partial charge >= 0.3 is 0 Å². The standard InChI is InChI=1S/C84H82O2/c1-7-11-29-61(9-3)57-85-81-55-75(69-47-43-63(44-48-69)53-77(65-31-17-13-18-32-65)66-33-19-14-20-34-66)59(5)51-79(81)83-71-39-25-27-41-73(71)84(74-42-28-26-40-72(74)83)80-52-60(6)76(56-82(80)86-58-62(10-4)30-12-8-2)70-49-45-64(46-50-70)54-78(67-35-21-15-22-36-67)68-37-23-16-24-38-68/h13-28,31-56,61-62H,7-12,29-30,57-58H2,1-6H3. The van der Waals surface area contributed by atoms with Crippen LogP contribution in [0.2, 0.25) is 0 Å². The lowest BCUT2D eigenvalue weighted by Crippen LogP contribution is -2.12. The summed E-state index contributed by atoms with van der Waals surface area (Å²) in [6, 6.07) is 88.6. The summed E-state index contributed by atoms with van der Waals surface area (Å²) in [5.41, 5.74) is 21.2. The minimum absolute atomic E-state index is 0.457. The summed E-state index contributed by atoms with van der Waals surface area (Å²) >= 11 is 0. The van der Waals surface area contributed by atoms with Gasteiger partial charge < -0.3 is 9.47 Å². The quantitative estimate of drug-likeness (QED) is 0.0443. The number of unbranched alkanes of at least 4 members (excludes halogenated alkanes) is 2. The predicted octanol–water partition coefficient (Wildman–Crippen LogP) is 23.6. The molecule has 430 valence electrons. The van der Waals surface area contributed by atoms with E-state index in [1.54, 1.807) is 0 Å². The number of hydrogen-bond donors (Lipinski definition) is 0. The Morgan fingerprint density at radius 1 is 0.349 bits per heavy atom. The van der Waals surface area contributed by atoms with Crippen molar-refractivity contribution < 1.29 is 9.47 Å². The highest BCUT2D eigenvalue weighted by Gasteiger charge is 2.25. The third-order valence-electron chi connectivity index (χ3n) is 17.6. The molecular weight excluding hydrogens is 1040 g/mol. The monoisotopic (exact) mass is 1120 g/mol. The van der Waals surface area contributed by atoms with E-state index in [4.69, 9.17) is 9.47 Å². The molecule has 2 atom stereocenters. The van der Waals surface area contributed by atoms with Crippen molar-refractivity contribution in [3.63, 3.8) is 0 Å². The molecule has 0 fully saturated rings. The highest BCUT2D eigenvalue weighted by molar-refractivity contribution is 6.22. The van der Waals surface area contributed by atoms with Crippen molar-refractivity contribution in [1.82, 2.24) is 0 Å². The van der Waals surface area contributed by atoms with Crippen LogP contribution < -0.4 is 9.47 Å². The molecule has 0 aliphatic rings. The van der Waals surface area contributed by atoms with Crippen molar-refractivity contribution in [1.29, 1.82) is 0 Å². The molecule has 0 heterocycles. The Kier molecular flexibility index (Phi) is 19.3. The van der Waals surface area contributed by atoms with Crippen LogP contribution in [0.5, 0.6) is 11.5 Å². The van der Waals surface area contributed by atoms with E-state index in [0.29, 0.717) is 25.0 Å². The van der Waals surface area contributed by atoms with E-state index in [9.17, 15) is 0 Å². The van der Waals surface area contributed by atoms with Gasteiger partial charge in [-0.25, -0.2) is 0 Å². The van der Waals surface area contributed by atoms with Crippen LogP contribution >= 0.6 is 0 Å². The summed E-state index contributed by atoms with van der Waals surface area (Å²) in [5.74, 6) is 2.75. The predicted molar refractivity (Wildman–Crippen MR) is 370 cm³/mol. The van der Waals surface area contributed by atoms with Gasteiger partial charge in [0, 0.05) is 22.3 Å². The van der Waals surface area contributed by atoms with Crippen LogP contribution in [0.3, 0.4) is 0 Å². The first-order valence-corrected chi connectivity index (χ1v) is 31.7. The molecule has 0 saturated heterocycles. The Labute approximate surface area is 512 Å². The lowest BCUT2D eigenvalue weighted by Gasteiger charge is -2.24. The molecule has 0 N–H and O–H groups in total. The van der Waals surface area contributed by atoms with E-state index in [1.807, 2.05) is 0 Å². The first kappa shape index (κ1) is 58.8. The molecule has 0 radical (unpaired) electrons. The SMILES string of the molecule is CCCCC(CC)COc1cc(-c2ccc(C=C(c3ccccc3)c3ccccc3)cc2)c(C)cc1-c1c2ccccc2c(-c2cc(C)c(-c3ccc(C=C(c4ccccc4)c4ccccc4)cc3)cc2OCC(CC)CCCC)c2ccccc12. The molecule has 0 aromatic heterocycles. The second-order valence-corrected chi connectivity index (χ2v) is 23.4. The van der Waals surface area contributed by atoms with Crippen molar-refractivity contribution in [2.24, 2.45) is 11.8 Å². The van der Waals surface area contributed by atoms with Crippen LogP contribution in [0.4, 0.5) is 0 Å². The molecule has 0 aliphatic carbocycles. The Morgan fingerprint density at radius 2 is 0.651 bits per heavy atom. The molecule has 2 nitrogen and oxygen atoms in total. The topological polar surface area (TPSA) is 18.5 Å². The summed E-state index contributed by atoms with van der Waals surface area (Å²) in [4.78, 5) is 0. The van der Waals surface area contributed by atoms with Crippen LogP contribution in [-0.2, 0) is 0 Å². The Hall–Kier alpha value is -8.98. The van der Waals surface area contributed by atoms with Crippen molar-refractivity contribution in [3.8, 4) is 56.0 Å². The molecule has 2 heteroatoms. The molecule has 11 aromatic carbocycles. The van der Waals surface area contributed by atoms with Gasteiger partial charge in [0.05, 0.1) is 13.2 Å². The zero-order chi connectivity index (χ0) is 59.2. The lowest BCUT2D eigenvalue weighted by molar-refractivity contribution is 0.234. The summed E-state index contributed by atoms with van der Waals surface area (Å²) in [6.07, 6.45) is 13.8. The number of rotatable bonds is 24. The van der Waals surface area contributed by atoms with Gasteiger partial charge in [0.25, 0.3) is 0 Å². The van der Waals surface area contributed by atoms with Crippen LogP contribution in [0.25, 0.3) is 89.4 Å². The van der Waals surface area contributed by atoms with Crippen LogP contribution in [-0.4, -0.2) is 13.2 Å². The highest BCUT2D eigenvalue weighted by Crippen LogP contribution is 2.50. The maximum Gasteiger partial charge on any atom is 0.127 e. The minimum Gasteiger partial charge on any atom is -0.493 e. The van der Waals surface area contributed by atoms with Gasteiger partial charge in [-0.15, -0.1) is 0 Å². The van der Waals surface area contributed by atoms with Crippen LogP contribution in [0, 0.1) is 25.7 Å². The molecule has 0 aliphatic heterocycles. The van der Waals surface area contributed by atoms with E-state index in [-0.39, 0.29) is 0 Å². The van der Waals surface area contributed by atoms with Gasteiger partial charge in [0.1, 0.15) is 11.5 Å². The molecule has 0 spiro atoms. The fourth-order valence-electron chi connectivity index (χ4n) is 12.5. The Balaban J connectivity index is 1.03. The molecule has 0 saturated carbocycles. The normalized spacial score (nSPS) is 12.0. The maximum atomic E-state index is 7.26. The zero-order valence-electron chi connectivity index (χ0n) is 51.3. The first-order chi connectivity index (χ1) is 42.3. The summed E-state index contributed by atoms with van der Waals surface area (Å²) in [7, 11) is 0. The summed E-state index contributed by atoms with van der Waals surface area (Å²) in [6.45, 7) is 15.1. The zero-order valence-corrected chi connectivity index (χ0v) is 51.3. The van der Waals surface area contributed by atoms with E-state index in [1.165, 1.54) is 125 Å². The molecule has 11 rings (SSSR count). The van der Waals surface area contributed by atoms with Crippen LogP contribution in [0.1, 0.15) is 124 Å². The van der Waals surface area contributed by atoms with Gasteiger partial charge in [-0.2, -0.15) is 0 Å². The van der Waals surface area contributed by atoms with Gasteiger partial charge in [0.2, 0.25) is 0 Å². The highest BCUT2D eigenvalue weighted by atomic mass is 16.5. The average molecular weight is 1120 g/mol. The van der Waals surface area contributed by atoms with Gasteiger partial charge in [-0.1, -0.05) is 285 Å². The van der Waals surface area contributed by atoms with Crippen molar-refractivity contribution in [3.05, 3.63) is 287 Å². The minimum atomic E-state index is 0.457. The third-order valence-corrected chi connectivity index (χ3v) is 17.6. The summed E-state index contributed by atoms with van der Waals surface area (Å²) < 4.78 is 14.5. The molecule has 0 bridgehead atoms. The van der Waals surface area contributed by atoms with Crippen molar-refractivity contribution in [2.45, 2.75) is 92.9 Å². The van der Waals surface area contributed by atoms with E-state index in [2.05, 4.69) is 296 Å². The lowest BCUT2D eigenvalue weighted by atomic mass is 9.83. The van der Waals surface area contributed by atoms with Gasteiger partial charge in [-0.3, -0.25) is 0 Å². The smallest absolute Gasteiger partial charge is 0.127 e. The number of ether oxygens (including phenoxy) is 2. The number of benzene rings is 11. The van der Waals surface area contributed by atoms with E-state index in [0.717, 1.165) is 59.4 Å². The second kappa shape index (κ2) is 28.3. The van der Waals surface area contributed by atoms with Crippen LogP contribution in [0.15, 0.2) is 243 Å². The number of fused-ring (bicyclic) bond motifs is 2. The van der Waals surface area contributed by atoms with Gasteiger partial charge in [-0.05, 0) is 174 Å².